The number of hydrogen-bond donors (Lipinski definition) is 1. The molecule has 0 atom stereocenters. The van der Waals surface area contributed by atoms with E-state index < -0.39 is 0 Å². The molecule has 1 aromatic carbocycles. The highest BCUT2D eigenvalue weighted by Gasteiger charge is 2.06. The Morgan fingerprint density at radius 1 is 1.12 bits per heavy atom. The van der Waals surface area contributed by atoms with Gasteiger partial charge in [-0.25, -0.2) is 9.97 Å². The van der Waals surface area contributed by atoms with Crippen molar-refractivity contribution in [1.29, 1.82) is 5.26 Å². The predicted octanol–water partition coefficient (Wildman–Crippen LogP) is 3.40. The van der Waals surface area contributed by atoms with Gasteiger partial charge < -0.3 is 5.32 Å². The zero-order valence-corrected chi connectivity index (χ0v) is 10.00. The predicted molar refractivity (Wildman–Crippen MR) is 66.5 cm³/mol. The van der Waals surface area contributed by atoms with E-state index in [1.165, 1.54) is 12.4 Å². The second-order valence-corrected chi connectivity index (χ2v) is 3.93. The van der Waals surface area contributed by atoms with Gasteiger partial charge in [0.1, 0.15) is 11.9 Å². The quantitative estimate of drug-likeness (QED) is 0.903. The molecule has 0 unspecified atom stereocenters. The number of anilines is 2. The fourth-order valence-electron chi connectivity index (χ4n) is 1.20. The third-order valence-corrected chi connectivity index (χ3v) is 2.61. The summed E-state index contributed by atoms with van der Waals surface area (Å²) in [6, 6.07) is 7.07. The van der Waals surface area contributed by atoms with Gasteiger partial charge in [-0.2, -0.15) is 5.26 Å². The first-order chi connectivity index (χ1) is 8.20. The molecule has 0 fully saturated rings. The normalized spacial score (nSPS) is 9.71. The van der Waals surface area contributed by atoms with E-state index in [-0.39, 0.29) is 5.69 Å². The lowest BCUT2D eigenvalue weighted by Crippen LogP contribution is -1.96. The number of rotatable bonds is 2. The molecular weight excluding hydrogens is 259 g/mol. The molecule has 0 aliphatic heterocycles. The summed E-state index contributed by atoms with van der Waals surface area (Å²) in [5.41, 5.74) is 0.815. The molecule has 0 saturated carbocycles. The molecule has 2 rings (SSSR count). The maximum absolute atomic E-state index is 8.59. The first kappa shape index (κ1) is 11.6. The van der Waals surface area contributed by atoms with Crippen molar-refractivity contribution in [2.75, 3.05) is 5.32 Å². The molecule has 1 N–H and O–H groups in total. The number of nitriles is 1. The fraction of sp³-hybridized carbons (Fsp3) is 0. The second kappa shape index (κ2) is 5.00. The van der Waals surface area contributed by atoms with E-state index >= 15 is 0 Å². The second-order valence-electron chi connectivity index (χ2n) is 3.12. The van der Waals surface area contributed by atoms with E-state index in [0.717, 1.165) is 0 Å². The van der Waals surface area contributed by atoms with Crippen LogP contribution in [0.4, 0.5) is 11.5 Å². The van der Waals surface area contributed by atoms with Crippen LogP contribution in [-0.4, -0.2) is 9.97 Å². The molecule has 4 nitrogen and oxygen atoms in total. The van der Waals surface area contributed by atoms with Crippen LogP contribution in [-0.2, 0) is 0 Å². The van der Waals surface area contributed by atoms with Gasteiger partial charge in [0.05, 0.1) is 28.1 Å². The molecule has 0 aliphatic carbocycles. The lowest BCUT2D eigenvalue weighted by atomic mass is 10.3. The van der Waals surface area contributed by atoms with Crippen LogP contribution in [0, 0.1) is 11.3 Å². The van der Waals surface area contributed by atoms with E-state index in [1.807, 2.05) is 6.07 Å². The Labute approximate surface area is 108 Å². The van der Waals surface area contributed by atoms with E-state index in [0.29, 0.717) is 21.6 Å². The van der Waals surface area contributed by atoms with Gasteiger partial charge in [-0.1, -0.05) is 29.3 Å². The average Bonchev–Trinajstić information content (AvgIpc) is 2.35. The summed E-state index contributed by atoms with van der Waals surface area (Å²) in [6.07, 6.45) is 2.81. The lowest BCUT2D eigenvalue weighted by Gasteiger charge is -2.08. The van der Waals surface area contributed by atoms with Crippen LogP contribution in [0.5, 0.6) is 0 Å². The van der Waals surface area contributed by atoms with Crippen LogP contribution < -0.4 is 5.32 Å². The lowest BCUT2D eigenvalue weighted by molar-refractivity contribution is 1.16. The molecule has 1 heterocycles. The molecule has 84 valence electrons. The molecule has 0 bridgehead atoms. The molecule has 0 saturated heterocycles. The topological polar surface area (TPSA) is 61.6 Å². The number of para-hydroxylation sites is 1. The molecule has 6 heteroatoms. The zero-order chi connectivity index (χ0) is 12.3. The summed E-state index contributed by atoms with van der Waals surface area (Å²) >= 11 is 12.0. The van der Waals surface area contributed by atoms with Crippen molar-refractivity contribution in [2.24, 2.45) is 0 Å². The third kappa shape index (κ3) is 2.64. The Hall–Kier alpha value is -1.83. The molecular formula is C11H6Cl2N4. The van der Waals surface area contributed by atoms with Crippen molar-refractivity contribution in [3.8, 4) is 6.07 Å². The average molecular weight is 265 g/mol. The molecule has 0 amide bonds. The van der Waals surface area contributed by atoms with Crippen molar-refractivity contribution in [3.63, 3.8) is 0 Å². The minimum Gasteiger partial charge on any atom is -0.337 e. The molecule has 2 aromatic rings. The zero-order valence-electron chi connectivity index (χ0n) is 8.48. The van der Waals surface area contributed by atoms with Crippen LogP contribution in [0.15, 0.2) is 30.6 Å². The monoisotopic (exact) mass is 264 g/mol. The van der Waals surface area contributed by atoms with Gasteiger partial charge in [0, 0.05) is 0 Å². The van der Waals surface area contributed by atoms with Gasteiger partial charge >= 0.3 is 0 Å². The number of hydrogen-bond acceptors (Lipinski definition) is 4. The molecule has 1 aromatic heterocycles. The van der Waals surface area contributed by atoms with E-state index in [2.05, 4.69) is 15.3 Å². The van der Waals surface area contributed by atoms with Crippen LogP contribution >= 0.6 is 23.2 Å². The SMILES string of the molecule is N#Cc1cnc(Nc2c(Cl)cccc2Cl)cn1. The smallest absolute Gasteiger partial charge is 0.158 e. The molecule has 0 spiro atoms. The van der Waals surface area contributed by atoms with Gasteiger partial charge in [0.25, 0.3) is 0 Å². The molecule has 0 radical (unpaired) electrons. The van der Waals surface area contributed by atoms with E-state index in [1.54, 1.807) is 18.2 Å². The summed E-state index contributed by atoms with van der Waals surface area (Å²) in [7, 11) is 0. The maximum atomic E-state index is 8.59. The van der Waals surface area contributed by atoms with Gasteiger partial charge in [-0.3, -0.25) is 0 Å². The Kier molecular flexibility index (Phi) is 3.43. The number of halogens is 2. The summed E-state index contributed by atoms with van der Waals surface area (Å²) in [4.78, 5) is 7.89. The van der Waals surface area contributed by atoms with Crippen molar-refractivity contribution in [2.45, 2.75) is 0 Å². The van der Waals surface area contributed by atoms with Crippen LogP contribution in [0.3, 0.4) is 0 Å². The number of aromatic nitrogens is 2. The van der Waals surface area contributed by atoms with Crippen molar-refractivity contribution < 1.29 is 0 Å². The minimum atomic E-state index is 0.251. The van der Waals surface area contributed by atoms with Crippen LogP contribution in [0.25, 0.3) is 0 Å². The first-order valence-electron chi connectivity index (χ1n) is 4.64. The van der Waals surface area contributed by atoms with Crippen molar-refractivity contribution in [1.82, 2.24) is 9.97 Å². The largest absolute Gasteiger partial charge is 0.337 e. The third-order valence-electron chi connectivity index (χ3n) is 1.98. The van der Waals surface area contributed by atoms with Crippen molar-refractivity contribution in [3.05, 3.63) is 46.3 Å². The fourth-order valence-corrected chi connectivity index (χ4v) is 1.69. The molecule has 17 heavy (non-hydrogen) atoms. The highest BCUT2D eigenvalue weighted by molar-refractivity contribution is 6.39. The first-order valence-corrected chi connectivity index (χ1v) is 5.39. The Bertz CT molecular complexity index is 555. The number of nitrogens with one attached hydrogen (secondary N) is 1. The summed E-state index contributed by atoms with van der Waals surface area (Å²) in [5, 5.41) is 12.5. The summed E-state index contributed by atoms with van der Waals surface area (Å²) < 4.78 is 0. The van der Waals surface area contributed by atoms with Gasteiger partial charge in [0.15, 0.2) is 5.69 Å². The van der Waals surface area contributed by atoms with Gasteiger partial charge in [-0.05, 0) is 12.1 Å². The highest BCUT2D eigenvalue weighted by Crippen LogP contribution is 2.31. The Balaban J connectivity index is 2.29. The maximum Gasteiger partial charge on any atom is 0.158 e. The van der Waals surface area contributed by atoms with Gasteiger partial charge in [-0.15, -0.1) is 0 Å². The molecule has 0 aliphatic rings. The van der Waals surface area contributed by atoms with Gasteiger partial charge in [0.2, 0.25) is 0 Å². The Morgan fingerprint density at radius 3 is 2.35 bits per heavy atom. The summed E-state index contributed by atoms with van der Waals surface area (Å²) in [6.45, 7) is 0. The van der Waals surface area contributed by atoms with E-state index in [9.17, 15) is 0 Å². The van der Waals surface area contributed by atoms with E-state index in [4.69, 9.17) is 28.5 Å². The van der Waals surface area contributed by atoms with Crippen molar-refractivity contribution >= 4 is 34.7 Å². The minimum absolute atomic E-state index is 0.251. The Morgan fingerprint density at radius 2 is 1.82 bits per heavy atom. The number of benzene rings is 1. The summed E-state index contributed by atoms with van der Waals surface area (Å²) in [5.74, 6) is 0.471. The standard InChI is InChI=1S/C11H6Cl2N4/c12-8-2-1-3-9(13)11(8)17-10-6-15-7(4-14)5-16-10/h1-3,5-6H,(H,16,17). The number of nitrogens with zero attached hydrogens (tertiary/aromatic N) is 3. The van der Waals surface area contributed by atoms with Crippen LogP contribution in [0.1, 0.15) is 5.69 Å². The van der Waals surface area contributed by atoms with Crippen LogP contribution in [0.2, 0.25) is 10.0 Å². The highest BCUT2D eigenvalue weighted by atomic mass is 35.5.